The second-order valence-corrected chi connectivity index (χ2v) is 4.37. The monoisotopic (exact) mass is 244 g/mol. The van der Waals surface area contributed by atoms with E-state index in [4.69, 9.17) is 0 Å². The first kappa shape index (κ1) is 12.4. The zero-order valence-electron chi connectivity index (χ0n) is 10.1. The molecular formula is C14H16N2O2. The van der Waals surface area contributed by atoms with Gasteiger partial charge in [0.1, 0.15) is 0 Å². The van der Waals surface area contributed by atoms with Crippen molar-refractivity contribution >= 4 is 11.8 Å². The SMILES string of the molecule is C=CC(=O)NCc1cccc(C(=O)NC2CC2)c1. The van der Waals surface area contributed by atoms with Gasteiger partial charge in [-0.1, -0.05) is 18.7 Å². The van der Waals surface area contributed by atoms with Gasteiger partial charge in [0, 0.05) is 18.2 Å². The van der Waals surface area contributed by atoms with E-state index in [1.54, 1.807) is 12.1 Å². The summed E-state index contributed by atoms with van der Waals surface area (Å²) in [4.78, 5) is 22.9. The van der Waals surface area contributed by atoms with Crippen LogP contribution in [0.25, 0.3) is 0 Å². The van der Waals surface area contributed by atoms with E-state index in [2.05, 4.69) is 17.2 Å². The third-order valence-electron chi connectivity index (χ3n) is 2.75. The second-order valence-electron chi connectivity index (χ2n) is 4.37. The van der Waals surface area contributed by atoms with Crippen molar-refractivity contribution in [3.8, 4) is 0 Å². The summed E-state index contributed by atoms with van der Waals surface area (Å²) in [6, 6.07) is 7.60. The van der Waals surface area contributed by atoms with Gasteiger partial charge in [-0.25, -0.2) is 0 Å². The van der Waals surface area contributed by atoms with Gasteiger partial charge >= 0.3 is 0 Å². The normalized spacial score (nSPS) is 13.8. The van der Waals surface area contributed by atoms with Crippen molar-refractivity contribution < 1.29 is 9.59 Å². The van der Waals surface area contributed by atoms with Gasteiger partial charge in [-0.3, -0.25) is 9.59 Å². The zero-order chi connectivity index (χ0) is 13.0. The molecule has 0 saturated heterocycles. The summed E-state index contributed by atoms with van der Waals surface area (Å²) in [5.74, 6) is -0.266. The summed E-state index contributed by atoms with van der Waals surface area (Å²) in [6.07, 6.45) is 3.37. The van der Waals surface area contributed by atoms with Gasteiger partial charge in [-0.2, -0.15) is 0 Å². The Hall–Kier alpha value is -2.10. The molecule has 0 heterocycles. The van der Waals surface area contributed by atoms with E-state index in [0.717, 1.165) is 18.4 Å². The number of carbonyl (C=O) groups is 2. The van der Waals surface area contributed by atoms with Gasteiger partial charge in [0.2, 0.25) is 5.91 Å². The molecule has 4 heteroatoms. The van der Waals surface area contributed by atoms with Crippen LogP contribution >= 0.6 is 0 Å². The first-order chi connectivity index (χ1) is 8.69. The van der Waals surface area contributed by atoms with Crippen LogP contribution in [0.4, 0.5) is 0 Å². The highest BCUT2D eigenvalue weighted by Crippen LogP contribution is 2.19. The highest BCUT2D eigenvalue weighted by Gasteiger charge is 2.23. The maximum atomic E-state index is 11.8. The van der Waals surface area contributed by atoms with Gasteiger partial charge in [0.15, 0.2) is 0 Å². The molecule has 0 aromatic heterocycles. The fraction of sp³-hybridized carbons (Fsp3) is 0.286. The van der Waals surface area contributed by atoms with Crippen LogP contribution in [-0.4, -0.2) is 17.9 Å². The van der Waals surface area contributed by atoms with E-state index < -0.39 is 0 Å². The number of hydrogen-bond acceptors (Lipinski definition) is 2. The van der Waals surface area contributed by atoms with E-state index in [9.17, 15) is 9.59 Å². The topological polar surface area (TPSA) is 58.2 Å². The van der Waals surface area contributed by atoms with Crippen molar-refractivity contribution in [1.82, 2.24) is 10.6 Å². The Labute approximate surface area is 106 Å². The number of carbonyl (C=O) groups excluding carboxylic acids is 2. The van der Waals surface area contributed by atoms with Crippen LogP contribution in [0.2, 0.25) is 0 Å². The van der Waals surface area contributed by atoms with Crippen LogP contribution in [0.3, 0.4) is 0 Å². The third-order valence-corrected chi connectivity index (χ3v) is 2.75. The average Bonchev–Trinajstić information content (AvgIpc) is 3.20. The standard InChI is InChI=1S/C14H16N2O2/c1-2-13(17)15-9-10-4-3-5-11(8-10)14(18)16-12-6-7-12/h2-5,8,12H,1,6-7,9H2,(H,15,17)(H,16,18). The molecule has 1 aromatic carbocycles. The quantitative estimate of drug-likeness (QED) is 0.769. The number of hydrogen-bond donors (Lipinski definition) is 2. The van der Waals surface area contributed by atoms with Crippen LogP contribution in [0.15, 0.2) is 36.9 Å². The molecule has 1 aliphatic rings. The molecule has 2 N–H and O–H groups in total. The second kappa shape index (κ2) is 5.49. The van der Waals surface area contributed by atoms with Crippen molar-refractivity contribution in [3.63, 3.8) is 0 Å². The van der Waals surface area contributed by atoms with E-state index in [1.165, 1.54) is 6.08 Å². The molecule has 0 atom stereocenters. The summed E-state index contributed by atoms with van der Waals surface area (Å²) in [5.41, 5.74) is 1.53. The van der Waals surface area contributed by atoms with E-state index >= 15 is 0 Å². The smallest absolute Gasteiger partial charge is 0.251 e. The number of amides is 2. The zero-order valence-corrected chi connectivity index (χ0v) is 10.1. The molecule has 0 radical (unpaired) electrons. The Morgan fingerprint density at radius 2 is 2.17 bits per heavy atom. The molecule has 1 fully saturated rings. The lowest BCUT2D eigenvalue weighted by Crippen LogP contribution is -2.25. The molecule has 94 valence electrons. The van der Waals surface area contributed by atoms with Gasteiger partial charge in [-0.15, -0.1) is 0 Å². The fourth-order valence-corrected chi connectivity index (χ4v) is 1.58. The van der Waals surface area contributed by atoms with Crippen LogP contribution in [-0.2, 0) is 11.3 Å². The highest BCUT2D eigenvalue weighted by molar-refractivity contribution is 5.94. The van der Waals surface area contributed by atoms with Crippen LogP contribution in [0, 0.1) is 0 Å². The first-order valence-corrected chi connectivity index (χ1v) is 5.99. The minimum atomic E-state index is -0.220. The van der Waals surface area contributed by atoms with Crippen molar-refractivity contribution in [2.75, 3.05) is 0 Å². The Balaban J connectivity index is 1.97. The molecular weight excluding hydrogens is 228 g/mol. The predicted octanol–water partition coefficient (Wildman–Crippen LogP) is 1.38. The molecule has 0 unspecified atom stereocenters. The minimum Gasteiger partial charge on any atom is -0.349 e. The maximum Gasteiger partial charge on any atom is 0.251 e. The Morgan fingerprint density at radius 1 is 1.39 bits per heavy atom. The summed E-state index contributed by atoms with van der Waals surface area (Å²) in [5, 5.41) is 5.61. The number of benzene rings is 1. The molecule has 0 spiro atoms. The van der Waals surface area contributed by atoms with Crippen LogP contribution in [0.5, 0.6) is 0 Å². The highest BCUT2D eigenvalue weighted by atomic mass is 16.2. The van der Waals surface area contributed by atoms with Gasteiger partial charge < -0.3 is 10.6 Å². The lowest BCUT2D eigenvalue weighted by atomic mass is 10.1. The van der Waals surface area contributed by atoms with Crippen molar-refractivity contribution in [2.24, 2.45) is 0 Å². The molecule has 4 nitrogen and oxygen atoms in total. The molecule has 1 aliphatic carbocycles. The number of nitrogens with one attached hydrogen (secondary N) is 2. The molecule has 2 amide bonds. The maximum absolute atomic E-state index is 11.8. The summed E-state index contributed by atoms with van der Waals surface area (Å²) >= 11 is 0. The molecule has 18 heavy (non-hydrogen) atoms. The van der Waals surface area contributed by atoms with Gasteiger partial charge in [-0.05, 0) is 36.6 Å². The number of rotatable bonds is 5. The minimum absolute atomic E-state index is 0.0469. The lowest BCUT2D eigenvalue weighted by Gasteiger charge is -2.06. The lowest BCUT2D eigenvalue weighted by molar-refractivity contribution is -0.116. The Kier molecular flexibility index (Phi) is 3.77. The largest absolute Gasteiger partial charge is 0.349 e. The van der Waals surface area contributed by atoms with Crippen LogP contribution < -0.4 is 10.6 Å². The molecule has 1 saturated carbocycles. The van der Waals surface area contributed by atoms with E-state index in [-0.39, 0.29) is 11.8 Å². The molecule has 0 bridgehead atoms. The van der Waals surface area contributed by atoms with Crippen molar-refractivity contribution in [2.45, 2.75) is 25.4 Å². The Morgan fingerprint density at radius 3 is 2.83 bits per heavy atom. The summed E-state index contributed by atoms with van der Waals surface area (Å²) in [7, 11) is 0. The van der Waals surface area contributed by atoms with Gasteiger partial charge in [0.05, 0.1) is 0 Å². The molecule has 2 rings (SSSR count). The summed E-state index contributed by atoms with van der Waals surface area (Å²) in [6.45, 7) is 3.78. The predicted molar refractivity (Wildman–Crippen MR) is 69.0 cm³/mol. The van der Waals surface area contributed by atoms with Gasteiger partial charge in [0.25, 0.3) is 5.91 Å². The fourth-order valence-electron chi connectivity index (χ4n) is 1.58. The molecule has 0 aliphatic heterocycles. The van der Waals surface area contributed by atoms with Crippen molar-refractivity contribution in [1.29, 1.82) is 0 Å². The van der Waals surface area contributed by atoms with E-state index in [0.29, 0.717) is 18.2 Å². The summed E-state index contributed by atoms with van der Waals surface area (Å²) < 4.78 is 0. The van der Waals surface area contributed by atoms with Crippen LogP contribution in [0.1, 0.15) is 28.8 Å². The molecule has 1 aromatic rings. The average molecular weight is 244 g/mol. The van der Waals surface area contributed by atoms with Crippen molar-refractivity contribution in [3.05, 3.63) is 48.0 Å². The Bertz CT molecular complexity index is 478. The third kappa shape index (κ3) is 3.45. The first-order valence-electron chi connectivity index (χ1n) is 5.99. The van der Waals surface area contributed by atoms with E-state index in [1.807, 2.05) is 12.1 Å².